The summed E-state index contributed by atoms with van der Waals surface area (Å²) in [4.78, 5) is 13.0. The van der Waals surface area contributed by atoms with E-state index in [1.807, 2.05) is 12.1 Å². The molecule has 29 heavy (non-hydrogen) atoms. The maximum Gasteiger partial charge on any atom is 0.341 e. The Labute approximate surface area is 172 Å². The molecule has 2 atom stereocenters. The van der Waals surface area contributed by atoms with Crippen LogP contribution in [0.5, 0.6) is 5.75 Å². The SMILES string of the molecule is C[C@@H](CN1CCC(Cc2ccccc2)CC1)[C@@H](O)c1ccc(OCC(=O)O)cc1. The molecule has 0 bridgehead atoms. The Bertz CT molecular complexity index is 754. The lowest BCUT2D eigenvalue weighted by atomic mass is 9.89. The normalized spacial score (nSPS) is 17.6. The maximum absolute atomic E-state index is 10.7. The van der Waals surface area contributed by atoms with E-state index in [0.717, 1.165) is 37.5 Å². The molecule has 1 aliphatic heterocycles. The molecular formula is C24H31NO4. The third-order valence-electron chi connectivity index (χ3n) is 5.74. The highest BCUT2D eigenvalue weighted by molar-refractivity contribution is 5.68. The van der Waals surface area contributed by atoms with Crippen LogP contribution < -0.4 is 4.74 Å². The minimum atomic E-state index is -1.00. The van der Waals surface area contributed by atoms with Gasteiger partial charge in [0, 0.05) is 6.54 Å². The van der Waals surface area contributed by atoms with E-state index in [4.69, 9.17) is 9.84 Å². The fourth-order valence-corrected chi connectivity index (χ4v) is 4.06. The van der Waals surface area contributed by atoms with Crippen molar-refractivity contribution in [2.45, 2.75) is 32.3 Å². The molecule has 3 rings (SSSR count). The molecule has 0 unspecified atom stereocenters. The van der Waals surface area contributed by atoms with E-state index in [1.54, 1.807) is 12.1 Å². The van der Waals surface area contributed by atoms with Crippen LogP contribution in [0.4, 0.5) is 0 Å². The number of likely N-dealkylation sites (tertiary alicyclic amines) is 1. The van der Waals surface area contributed by atoms with E-state index in [9.17, 15) is 9.90 Å². The van der Waals surface area contributed by atoms with E-state index in [0.29, 0.717) is 5.75 Å². The quantitative estimate of drug-likeness (QED) is 0.674. The monoisotopic (exact) mass is 397 g/mol. The summed E-state index contributed by atoms with van der Waals surface area (Å²) in [5.41, 5.74) is 2.25. The molecule has 1 heterocycles. The lowest BCUT2D eigenvalue weighted by molar-refractivity contribution is -0.139. The van der Waals surface area contributed by atoms with Crippen LogP contribution in [0.2, 0.25) is 0 Å². The molecular weight excluding hydrogens is 366 g/mol. The first-order chi connectivity index (χ1) is 14.0. The van der Waals surface area contributed by atoms with Crippen LogP contribution >= 0.6 is 0 Å². The van der Waals surface area contributed by atoms with Gasteiger partial charge in [-0.05, 0) is 67.4 Å². The van der Waals surface area contributed by atoms with Gasteiger partial charge in [-0.3, -0.25) is 0 Å². The highest BCUT2D eigenvalue weighted by Crippen LogP contribution is 2.27. The summed E-state index contributed by atoms with van der Waals surface area (Å²) >= 11 is 0. The number of benzene rings is 2. The van der Waals surface area contributed by atoms with Crippen molar-refractivity contribution in [3.63, 3.8) is 0 Å². The third kappa shape index (κ3) is 6.58. The molecule has 156 valence electrons. The molecule has 0 spiro atoms. The molecule has 2 N–H and O–H groups in total. The highest BCUT2D eigenvalue weighted by atomic mass is 16.5. The van der Waals surface area contributed by atoms with Crippen LogP contribution in [-0.2, 0) is 11.2 Å². The third-order valence-corrected chi connectivity index (χ3v) is 5.74. The topological polar surface area (TPSA) is 70.0 Å². The molecule has 0 amide bonds. The van der Waals surface area contributed by atoms with Crippen LogP contribution in [-0.4, -0.2) is 47.3 Å². The summed E-state index contributed by atoms with van der Waals surface area (Å²) in [6.45, 7) is 4.75. The Morgan fingerprint density at radius 3 is 2.38 bits per heavy atom. The average molecular weight is 398 g/mol. The number of carboxylic acids is 1. The van der Waals surface area contributed by atoms with Crippen molar-refractivity contribution in [1.29, 1.82) is 0 Å². The Kier molecular flexibility index (Phi) is 7.67. The molecule has 0 radical (unpaired) electrons. The van der Waals surface area contributed by atoms with E-state index < -0.39 is 12.1 Å². The van der Waals surface area contributed by atoms with Crippen LogP contribution in [0.1, 0.15) is 37.0 Å². The molecule has 2 aromatic rings. The highest BCUT2D eigenvalue weighted by Gasteiger charge is 2.24. The molecule has 1 aliphatic rings. The van der Waals surface area contributed by atoms with E-state index in [2.05, 4.69) is 42.2 Å². The molecule has 0 aliphatic carbocycles. The predicted octanol–water partition coefficient (Wildman–Crippen LogP) is 3.77. The molecule has 2 aromatic carbocycles. The first kappa shape index (κ1) is 21.3. The zero-order valence-corrected chi connectivity index (χ0v) is 17.0. The number of aliphatic hydroxyl groups is 1. The fourth-order valence-electron chi connectivity index (χ4n) is 4.06. The van der Waals surface area contributed by atoms with Gasteiger partial charge >= 0.3 is 5.97 Å². The maximum atomic E-state index is 10.7. The Morgan fingerprint density at radius 1 is 1.10 bits per heavy atom. The van der Waals surface area contributed by atoms with Crippen molar-refractivity contribution in [3.8, 4) is 5.75 Å². The number of hydrogen-bond donors (Lipinski definition) is 2. The van der Waals surface area contributed by atoms with Gasteiger partial charge in [0.05, 0.1) is 6.10 Å². The second-order valence-electron chi connectivity index (χ2n) is 8.11. The Balaban J connectivity index is 1.44. The second kappa shape index (κ2) is 10.4. The standard InChI is InChI=1S/C24H31NO4/c1-18(24(28)21-7-9-22(10-8-21)29-17-23(26)27)16-25-13-11-20(12-14-25)15-19-5-3-2-4-6-19/h2-10,18,20,24,28H,11-17H2,1H3,(H,26,27)/t18-,24+/m0/s1. The summed E-state index contributed by atoms with van der Waals surface area (Å²) in [7, 11) is 0. The first-order valence-corrected chi connectivity index (χ1v) is 10.4. The number of hydrogen-bond acceptors (Lipinski definition) is 4. The van der Waals surface area contributed by atoms with Gasteiger partial charge in [-0.15, -0.1) is 0 Å². The zero-order valence-electron chi connectivity index (χ0n) is 17.0. The number of nitrogens with zero attached hydrogens (tertiary/aromatic N) is 1. The van der Waals surface area contributed by atoms with E-state index >= 15 is 0 Å². The van der Waals surface area contributed by atoms with Gasteiger partial charge in [0.25, 0.3) is 0 Å². The van der Waals surface area contributed by atoms with Crippen molar-refractivity contribution in [1.82, 2.24) is 4.90 Å². The van der Waals surface area contributed by atoms with E-state index in [-0.39, 0.29) is 12.5 Å². The molecule has 1 saturated heterocycles. The lowest BCUT2D eigenvalue weighted by Gasteiger charge is -2.34. The molecule has 1 fully saturated rings. The number of ether oxygens (including phenoxy) is 1. The van der Waals surface area contributed by atoms with Gasteiger partial charge in [0.15, 0.2) is 6.61 Å². The fraction of sp³-hybridized carbons (Fsp3) is 0.458. The number of piperidine rings is 1. The van der Waals surface area contributed by atoms with Gasteiger partial charge < -0.3 is 19.8 Å². The molecule has 5 heteroatoms. The Morgan fingerprint density at radius 2 is 1.76 bits per heavy atom. The van der Waals surface area contributed by atoms with Crippen molar-refractivity contribution in [2.24, 2.45) is 11.8 Å². The zero-order chi connectivity index (χ0) is 20.6. The van der Waals surface area contributed by atoms with Gasteiger partial charge in [-0.25, -0.2) is 4.79 Å². The molecule has 0 aromatic heterocycles. The van der Waals surface area contributed by atoms with Crippen LogP contribution in [0.25, 0.3) is 0 Å². The molecule has 0 saturated carbocycles. The number of aliphatic hydroxyl groups excluding tert-OH is 1. The van der Waals surface area contributed by atoms with Crippen LogP contribution in [0.15, 0.2) is 54.6 Å². The van der Waals surface area contributed by atoms with Crippen molar-refractivity contribution < 1.29 is 19.7 Å². The number of aliphatic carboxylic acids is 1. The second-order valence-corrected chi connectivity index (χ2v) is 8.11. The predicted molar refractivity (Wildman–Crippen MR) is 113 cm³/mol. The Hall–Kier alpha value is -2.37. The number of carboxylic acid groups (broad SMARTS) is 1. The summed E-state index contributed by atoms with van der Waals surface area (Å²) < 4.78 is 5.15. The number of rotatable bonds is 9. The first-order valence-electron chi connectivity index (χ1n) is 10.4. The average Bonchev–Trinajstić information content (AvgIpc) is 2.74. The summed E-state index contributed by atoms with van der Waals surface area (Å²) in [6.07, 6.45) is 3.01. The molecule has 5 nitrogen and oxygen atoms in total. The van der Waals surface area contributed by atoms with Crippen molar-refractivity contribution in [2.75, 3.05) is 26.2 Å². The largest absolute Gasteiger partial charge is 0.482 e. The van der Waals surface area contributed by atoms with Crippen molar-refractivity contribution in [3.05, 3.63) is 65.7 Å². The number of carbonyl (C=O) groups is 1. The summed E-state index contributed by atoms with van der Waals surface area (Å²) in [5.74, 6) is 0.352. The summed E-state index contributed by atoms with van der Waals surface area (Å²) in [6, 6.07) is 17.7. The van der Waals surface area contributed by atoms with Crippen LogP contribution in [0.3, 0.4) is 0 Å². The smallest absolute Gasteiger partial charge is 0.341 e. The lowest BCUT2D eigenvalue weighted by Crippen LogP contribution is -2.38. The minimum Gasteiger partial charge on any atom is -0.482 e. The van der Waals surface area contributed by atoms with Gasteiger partial charge in [-0.1, -0.05) is 49.4 Å². The van der Waals surface area contributed by atoms with E-state index in [1.165, 1.54) is 18.4 Å². The van der Waals surface area contributed by atoms with Crippen molar-refractivity contribution >= 4 is 5.97 Å². The van der Waals surface area contributed by atoms with Gasteiger partial charge in [0.1, 0.15) is 5.75 Å². The minimum absolute atomic E-state index is 0.117. The van der Waals surface area contributed by atoms with Gasteiger partial charge in [0.2, 0.25) is 0 Å². The summed E-state index contributed by atoms with van der Waals surface area (Å²) in [5, 5.41) is 19.4. The van der Waals surface area contributed by atoms with Crippen LogP contribution in [0, 0.1) is 11.8 Å². The van der Waals surface area contributed by atoms with Gasteiger partial charge in [-0.2, -0.15) is 0 Å².